The molecule has 0 radical (unpaired) electrons. The average Bonchev–Trinajstić information content (AvgIpc) is 2.18. The fourth-order valence-electron chi connectivity index (χ4n) is 1.33. The van der Waals surface area contributed by atoms with Gasteiger partial charge in [0.25, 0.3) is 0 Å². The van der Waals surface area contributed by atoms with Gasteiger partial charge in [0.15, 0.2) is 9.84 Å². The van der Waals surface area contributed by atoms with Gasteiger partial charge in [0.1, 0.15) is 0 Å². The molecule has 7 heteroatoms. The van der Waals surface area contributed by atoms with E-state index in [9.17, 15) is 21.6 Å². The summed E-state index contributed by atoms with van der Waals surface area (Å²) < 4.78 is 59.4. The topological polar surface area (TPSA) is 60.2 Å². The van der Waals surface area contributed by atoms with Gasteiger partial charge in [-0.1, -0.05) is 6.07 Å². The van der Waals surface area contributed by atoms with Gasteiger partial charge in [-0.3, -0.25) is 0 Å². The van der Waals surface area contributed by atoms with Gasteiger partial charge in [-0.15, -0.1) is 0 Å². The first-order valence-electron chi connectivity index (χ1n) is 4.78. The number of nitrogens with two attached hydrogens (primary N) is 1. The highest BCUT2D eigenvalue weighted by Crippen LogP contribution is 2.26. The molecule has 0 amide bonds. The molecule has 17 heavy (non-hydrogen) atoms. The van der Waals surface area contributed by atoms with Crippen LogP contribution in [0.2, 0.25) is 0 Å². The lowest BCUT2D eigenvalue weighted by molar-refractivity contribution is -0.129. The van der Waals surface area contributed by atoms with Crippen molar-refractivity contribution in [2.24, 2.45) is 0 Å². The van der Waals surface area contributed by atoms with E-state index in [1.807, 2.05) is 0 Å². The molecule has 0 saturated heterocycles. The summed E-state index contributed by atoms with van der Waals surface area (Å²) in [6.07, 6.45) is -5.84. The average molecular weight is 267 g/mol. The molecule has 0 spiro atoms. The van der Waals surface area contributed by atoms with Crippen LogP contribution in [0.4, 0.5) is 18.9 Å². The fraction of sp³-hybridized carbons (Fsp3) is 0.400. The zero-order valence-corrected chi connectivity index (χ0v) is 9.90. The molecule has 0 saturated carbocycles. The Morgan fingerprint density at radius 1 is 1.29 bits per heavy atom. The zero-order chi connectivity index (χ0) is 13.3. The van der Waals surface area contributed by atoms with Crippen LogP contribution in [0.25, 0.3) is 0 Å². The predicted octanol–water partition coefficient (Wildman–Crippen LogP) is 2.30. The molecule has 0 fully saturated rings. The molecule has 2 N–H and O–H groups in total. The van der Waals surface area contributed by atoms with Crippen LogP contribution in [-0.2, 0) is 9.84 Å². The molecular formula is C10H12F3NO2S. The third kappa shape index (κ3) is 3.62. The van der Waals surface area contributed by atoms with Crippen LogP contribution in [-0.4, -0.2) is 20.3 Å². The molecule has 0 atom stereocenters. The molecule has 0 aliphatic heterocycles. The van der Waals surface area contributed by atoms with E-state index in [1.54, 1.807) is 0 Å². The first kappa shape index (κ1) is 13.8. The highest BCUT2D eigenvalue weighted by Gasteiger charge is 2.31. The molecule has 0 aliphatic carbocycles. The van der Waals surface area contributed by atoms with Crippen LogP contribution >= 0.6 is 0 Å². The Morgan fingerprint density at radius 3 is 2.41 bits per heavy atom. The Morgan fingerprint density at radius 2 is 1.88 bits per heavy atom. The molecule has 96 valence electrons. The van der Waals surface area contributed by atoms with Crippen LogP contribution in [0.15, 0.2) is 23.1 Å². The maximum absolute atomic E-state index is 12.0. The Balaban J connectivity index is 3.02. The summed E-state index contributed by atoms with van der Waals surface area (Å²) in [7, 11) is -3.95. The highest BCUT2D eigenvalue weighted by molar-refractivity contribution is 7.91. The number of benzene rings is 1. The van der Waals surface area contributed by atoms with Crippen molar-refractivity contribution in [2.75, 3.05) is 11.5 Å². The minimum atomic E-state index is -4.48. The first-order valence-corrected chi connectivity index (χ1v) is 6.43. The second kappa shape index (κ2) is 4.56. The van der Waals surface area contributed by atoms with Crippen molar-refractivity contribution in [2.45, 2.75) is 24.4 Å². The van der Waals surface area contributed by atoms with Crippen molar-refractivity contribution in [1.29, 1.82) is 0 Å². The normalized spacial score (nSPS) is 12.7. The quantitative estimate of drug-likeness (QED) is 0.855. The minimum Gasteiger partial charge on any atom is -0.398 e. The van der Waals surface area contributed by atoms with Crippen molar-refractivity contribution >= 4 is 15.5 Å². The van der Waals surface area contributed by atoms with E-state index in [1.165, 1.54) is 25.1 Å². The van der Waals surface area contributed by atoms with Gasteiger partial charge >= 0.3 is 6.18 Å². The predicted molar refractivity (Wildman–Crippen MR) is 58.3 cm³/mol. The lowest BCUT2D eigenvalue weighted by atomic mass is 10.2. The van der Waals surface area contributed by atoms with E-state index in [2.05, 4.69) is 0 Å². The molecule has 3 nitrogen and oxygen atoms in total. The molecular weight excluding hydrogens is 255 g/mol. The fourth-order valence-corrected chi connectivity index (χ4v) is 2.92. The minimum absolute atomic E-state index is 0.137. The summed E-state index contributed by atoms with van der Waals surface area (Å²) in [5.41, 5.74) is 6.05. The number of hydrogen-bond donors (Lipinski definition) is 1. The number of nitrogen functional groups attached to an aromatic ring is 1. The van der Waals surface area contributed by atoms with Gasteiger partial charge in [0.2, 0.25) is 0 Å². The monoisotopic (exact) mass is 267 g/mol. The summed E-state index contributed by atoms with van der Waals surface area (Å²) in [5, 5.41) is 0. The number of alkyl halides is 3. The summed E-state index contributed by atoms with van der Waals surface area (Å²) in [4.78, 5) is -0.137. The number of sulfone groups is 1. The van der Waals surface area contributed by atoms with E-state index in [0.29, 0.717) is 0 Å². The number of rotatable bonds is 3. The van der Waals surface area contributed by atoms with Crippen LogP contribution < -0.4 is 5.73 Å². The van der Waals surface area contributed by atoms with Gasteiger partial charge in [0, 0.05) is 5.69 Å². The summed E-state index contributed by atoms with van der Waals surface area (Å²) >= 11 is 0. The smallest absolute Gasteiger partial charge is 0.390 e. The molecule has 0 aliphatic rings. The van der Waals surface area contributed by atoms with Gasteiger partial charge in [-0.2, -0.15) is 13.2 Å². The van der Waals surface area contributed by atoms with Crippen molar-refractivity contribution < 1.29 is 21.6 Å². The SMILES string of the molecule is Cc1c(N)cccc1S(=O)(=O)CCC(F)(F)F. The summed E-state index contributed by atoms with van der Waals surface area (Å²) in [6, 6.07) is 4.16. The highest BCUT2D eigenvalue weighted by atomic mass is 32.2. The first-order chi connectivity index (χ1) is 7.63. The third-order valence-corrected chi connectivity index (χ3v) is 4.17. The van der Waals surface area contributed by atoms with Crippen LogP contribution in [0.5, 0.6) is 0 Å². The van der Waals surface area contributed by atoms with Crippen molar-refractivity contribution in [3.05, 3.63) is 23.8 Å². The Kier molecular flexibility index (Phi) is 3.71. The number of halogens is 3. The lowest BCUT2D eigenvalue weighted by Crippen LogP contribution is -2.17. The Bertz CT molecular complexity index is 509. The van der Waals surface area contributed by atoms with Gasteiger partial charge < -0.3 is 5.73 Å². The molecule has 0 heterocycles. The maximum Gasteiger partial charge on any atom is 0.390 e. The number of anilines is 1. The van der Waals surface area contributed by atoms with Crippen LogP contribution in [0, 0.1) is 6.92 Å². The molecule has 1 rings (SSSR count). The standard InChI is InChI=1S/C10H12F3NO2S/c1-7-8(14)3-2-4-9(7)17(15,16)6-5-10(11,12)13/h2-4H,5-6,14H2,1H3. The maximum atomic E-state index is 12.0. The lowest BCUT2D eigenvalue weighted by Gasteiger charge is -2.10. The van der Waals surface area contributed by atoms with Crippen LogP contribution in [0.3, 0.4) is 0 Å². The molecule has 0 aromatic heterocycles. The third-order valence-electron chi connectivity index (χ3n) is 2.32. The van der Waals surface area contributed by atoms with E-state index in [0.717, 1.165) is 0 Å². The molecule has 1 aromatic rings. The summed E-state index contributed by atoms with van der Waals surface area (Å²) in [5.74, 6) is -0.958. The van der Waals surface area contributed by atoms with Gasteiger partial charge in [-0.05, 0) is 24.6 Å². The summed E-state index contributed by atoms with van der Waals surface area (Å²) in [6.45, 7) is 1.47. The number of hydrogen-bond acceptors (Lipinski definition) is 3. The van der Waals surface area contributed by atoms with Gasteiger partial charge in [-0.25, -0.2) is 8.42 Å². The van der Waals surface area contributed by atoms with Crippen LogP contribution in [0.1, 0.15) is 12.0 Å². The zero-order valence-electron chi connectivity index (χ0n) is 9.08. The van der Waals surface area contributed by atoms with Crippen molar-refractivity contribution in [3.8, 4) is 0 Å². The molecule has 0 bridgehead atoms. The van der Waals surface area contributed by atoms with Crippen molar-refractivity contribution in [1.82, 2.24) is 0 Å². The van der Waals surface area contributed by atoms with Crippen molar-refractivity contribution in [3.63, 3.8) is 0 Å². The Hall–Kier alpha value is -1.24. The second-order valence-electron chi connectivity index (χ2n) is 3.65. The van der Waals surface area contributed by atoms with E-state index in [4.69, 9.17) is 5.73 Å². The van der Waals surface area contributed by atoms with E-state index < -0.39 is 28.2 Å². The van der Waals surface area contributed by atoms with E-state index in [-0.39, 0.29) is 16.1 Å². The second-order valence-corrected chi connectivity index (χ2v) is 5.73. The van der Waals surface area contributed by atoms with E-state index >= 15 is 0 Å². The van der Waals surface area contributed by atoms with Gasteiger partial charge in [0.05, 0.1) is 17.1 Å². The Labute approximate surface area is 97.4 Å². The molecule has 0 unspecified atom stereocenters. The molecule has 1 aromatic carbocycles. The largest absolute Gasteiger partial charge is 0.398 e.